The second-order valence-electron chi connectivity index (χ2n) is 3.26. The van der Waals surface area contributed by atoms with E-state index in [0.29, 0.717) is 11.8 Å². The predicted octanol–water partition coefficient (Wildman–Crippen LogP) is 2.40. The van der Waals surface area contributed by atoms with Gasteiger partial charge in [0, 0.05) is 17.3 Å². The van der Waals surface area contributed by atoms with Crippen molar-refractivity contribution in [2.24, 2.45) is 0 Å². The molecule has 1 aliphatic carbocycles. The van der Waals surface area contributed by atoms with Gasteiger partial charge in [0.25, 0.3) is 0 Å². The van der Waals surface area contributed by atoms with E-state index >= 15 is 0 Å². The second-order valence-corrected chi connectivity index (χ2v) is 3.53. The quantitative estimate of drug-likeness (QED) is 0.657. The van der Waals surface area contributed by atoms with E-state index in [4.69, 9.17) is 11.6 Å². The van der Waals surface area contributed by atoms with Gasteiger partial charge in [-0.2, -0.15) is 0 Å². The normalized spacial score (nSPS) is 16.5. The lowest BCUT2D eigenvalue weighted by molar-refractivity contribution is 0.908. The molecule has 1 aliphatic rings. The SMILES string of the molecule is Cc1cc(C2CC2)nc(CCl)n1. The van der Waals surface area contributed by atoms with Crippen molar-refractivity contribution in [1.82, 2.24) is 9.97 Å². The van der Waals surface area contributed by atoms with Crippen LogP contribution in [0.15, 0.2) is 6.07 Å². The number of rotatable bonds is 2. The minimum Gasteiger partial charge on any atom is -0.237 e. The molecule has 3 heteroatoms. The molecular formula is C9H11ClN2. The Morgan fingerprint density at radius 1 is 1.50 bits per heavy atom. The molecule has 0 aromatic carbocycles. The number of nitrogens with zero attached hydrogens (tertiary/aromatic N) is 2. The molecule has 1 fully saturated rings. The predicted molar refractivity (Wildman–Crippen MR) is 48.3 cm³/mol. The average Bonchev–Trinajstić information content (AvgIpc) is 2.85. The first-order valence-corrected chi connectivity index (χ1v) is 4.73. The third-order valence-electron chi connectivity index (χ3n) is 2.04. The van der Waals surface area contributed by atoms with Crippen LogP contribution in [0.3, 0.4) is 0 Å². The maximum absolute atomic E-state index is 5.67. The summed E-state index contributed by atoms with van der Waals surface area (Å²) in [6.45, 7) is 1.99. The van der Waals surface area contributed by atoms with Gasteiger partial charge >= 0.3 is 0 Å². The van der Waals surface area contributed by atoms with Crippen molar-refractivity contribution in [2.45, 2.75) is 31.6 Å². The fraction of sp³-hybridized carbons (Fsp3) is 0.556. The van der Waals surface area contributed by atoms with E-state index < -0.39 is 0 Å². The first-order chi connectivity index (χ1) is 5.79. The van der Waals surface area contributed by atoms with Crippen LogP contribution in [0.4, 0.5) is 0 Å². The lowest BCUT2D eigenvalue weighted by Gasteiger charge is -2.01. The highest BCUT2D eigenvalue weighted by Crippen LogP contribution is 2.39. The first kappa shape index (κ1) is 7.99. The molecule has 0 atom stereocenters. The summed E-state index contributed by atoms with van der Waals surface area (Å²) in [5, 5.41) is 0. The maximum atomic E-state index is 5.67. The fourth-order valence-corrected chi connectivity index (χ4v) is 1.42. The summed E-state index contributed by atoms with van der Waals surface area (Å²) in [6, 6.07) is 2.06. The minimum atomic E-state index is 0.418. The van der Waals surface area contributed by atoms with Gasteiger partial charge in [-0.05, 0) is 25.8 Å². The van der Waals surface area contributed by atoms with Crippen LogP contribution in [0, 0.1) is 6.92 Å². The molecule has 0 N–H and O–H groups in total. The van der Waals surface area contributed by atoms with Gasteiger partial charge in [-0.1, -0.05) is 0 Å². The molecule has 0 saturated heterocycles. The summed E-state index contributed by atoms with van der Waals surface area (Å²) in [7, 11) is 0. The largest absolute Gasteiger partial charge is 0.237 e. The lowest BCUT2D eigenvalue weighted by Crippen LogP contribution is -1.98. The number of alkyl halides is 1. The number of hydrogen-bond acceptors (Lipinski definition) is 2. The molecule has 0 radical (unpaired) electrons. The third-order valence-corrected chi connectivity index (χ3v) is 2.27. The zero-order valence-corrected chi connectivity index (χ0v) is 7.80. The zero-order chi connectivity index (χ0) is 8.55. The summed E-state index contributed by atoms with van der Waals surface area (Å²) in [6.07, 6.45) is 2.55. The van der Waals surface area contributed by atoms with Gasteiger partial charge in [0.05, 0.1) is 5.88 Å². The third kappa shape index (κ3) is 1.58. The number of aromatic nitrogens is 2. The molecule has 2 nitrogen and oxygen atoms in total. The molecule has 64 valence electrons. The van der Waals surface area contributed by atoms with Gasteiger partial charge in [-0.3, -0.25) is 0 Å². The average molecular weight is 183 g/mol. The maximum Gasteiger partial charge on any atom is 0.143 e. The molecule has 0 spiro atoms. The lowest BCUT2D eigenvalue weighted by atomic mass is 10.2. The van der Waals surface area contributed by atoms with E-state index in [0.717, 1.165) is 11.5 Å². The van der Waals surface area contributed by atoms with E-state index in [1.165, 1.54) is 18.5 Å². The summed E-state index contributed by atoms with van der Waals surface area (Å²) in [5.41, 5.74) is 2.21. The second kappa shape index (κ2) is 3.02. The molecule has 2 rings (SSSR count). The Labute approximate surface area is 77.0 Å². The Kier molecular flexibility index (Phi) is 2.01. The smallest absolute Gasteiger partial charge is 0.143 e. The van der Waals surface area contributed by atoms with Gasteiger partial charge in [-0.25, -0.2) is 9.97 Å². The van der Waals surface area contributed by atoms with Gasteiger partial charge in [0.2, 0.25) is 0 Å². The van der Waals surface area contributed by atoms with Crippen molar-refractivity contribution in [1.29, 1.82) is 0 Å². The number of halogens is 1. The topological polar surface area (TPSA) is 25.8 Å². The standard InChI is InChI=1S/C9H11ClN2/c1-6-4-8(7-2-3-7)12-9(5-10)11-6/h4,7H,2-3,5H2,1H3. The molecule has 0 unspecified atom stereocenters. The fourth-order valence-electron chi connectivity index (χ4n) is 1.30. The van der Waals surface area contributed by atoms with Crippen LogP contribution >= 0.6 is 11.6 Å². The van der Waals surface area contributed by atoms with Crippen molar-refractivity contribution < 1.29 is 0 Å². The zero-order valence-electron chi connectivity index (χ0n) is 7.05. The van der Waals surface area contributed by atoms with Crippen molar-refractivity contribution in [2.75, 3.05) is 0 Å². The van der Waals surface area contributed by atoms with E-state index in [1.54, 1.807) is 0 Å². The molecule has 0 bridgehead atoms. The Hall–Kier alpha value is -0.630. The van der Waals surface area contributed by atoms with Gasteiger partial charge in [0.1, 0.15) is 5.82 Å². The molecule has 1 aromatic rings. The van der Waals surface area contributed by atoms with Crippen LogP contribution in [-0.4, -0.2) is 9.97 Å². The van der Waals surface area contributed by atoms with E-state index in [9.17, 15) is 0 Å². The monoisotopic (exact) mass is 182 g/mol. The Morgan fingerprint density at radius 2 is 2.25 bits per heavy atom. The Bertz CT molecular complexity index is 295. The van der Waals surface area contributed by atoms with Gasteiger partial charge in [-0.15, -0.1) is 11.6 Å². The Morgan fingerprint density at radius 3 is 2.83 bits per heavy atom. The molecule has 1 aromatic heterocycles. The van der Waals surface area contributed by atoms with Crippen molar-refractivity contribution in [3.8, 4) is 0 Å². The molecule has 0 amide bonds. The van der Waals surface area contributed by atoms with Crippen molar-refractivity contribution in [3.63, 3.8) is 0 Å². The van der Waals surface area contributed by atoms with Gasteiger partial charge < -0.3 is 0 Å². The van der Waals surface area contributed by atoms with E-state index in [1.807, 2.05) is 6.92 Å². The molecule has 0 aliphatic heterocycles. The van der Waals surface area contributed by atoms with Crippen LogP contribution in [-0.2, 0) is 5.88 Å². The van der Waals surface area contributed by atoms with Crippen LogP contribution < -0.4 is 0 Å². The molecule has 12 heavy (non-hydrogen) atoms. The highest BCUT2D eigenvalue weighted by Gasteiger charge is 2.25. The number of aryl methyl sites for hydroxylation is 1. The highest BCUT2D eigenvalue weighted by atomic mass is 35.5. The summed E-state index contributed by atoms with van der Waals surface area (Å²) in [5.74, 6) is 1.87. The Balaban J connectivity index is 2.34. The summed E-state index contributed by atoms with van der Waals surface area (Å²) >= 11 is 5.67. The van der Waals surface area contributed by atoms with Crippen molar-refractivity contribution >= 4 is 11.6 Å². The van der Waals surface area contributed by atoms with Gasteiger partial charge in [0.15, 0.2) is 0 Å². The number of hydrogen-bond donors (Lipinski definition) is 0. The van der Waals surface area contributed by atoms with Crippen LogP contribution in [0.5, 0.6) is 0 Å². The molecule has 1 heterocycles. The van der Waals surface area contributed by atoms with Crippen LogP contribution in [0.2, 0.25) is 0 Å². The highest BCUT2D eigenvalue weighted by molar-refractivity contribution is 6.16. The molecular weight excluding hydrogens is 172 g/mol. The minimum absolute atomic E-state index is 0.418. The summed E-state index contributed by atoms with van der Waals surface area (Å²) in [4.78, 5) is 8.59. The van der Waals surface area contributed by atoms with Crippen LogP contribution in [0.25, 0.3) is 0 Å². The van der Waals surface area contributed by atoms with E-state index in [2.05, 4.69) is 16.0 Å². The van der Waals surface area contributed by atoms with E-state index in [-0.39, 0.29) is 0 Å². The van der Waals surface area contributed by atoms with Crippen LogP contribution in [0.1, 0.15) is 36.0 Å². The molecule has 1 saturated carbocycles. The van der Waals surface area contributed by atoms with Crippen molar-refractivity contribution in [3.05, 3.63) is 23.3 Å². The summed E-state index contributed by atoms with van der Waals surface area (Å²) < 4.78 is 0. The first-order valence-electron chi connectivity index (χ1n) is 4.20.